The third kappa shape index (κ3) is 4.05. The monoisotopic (exact) mass is 442 g/mol. The Labute approximate surface area is 191 Å². The molecule has 0 saturated carbocycles. The number of fused-ring (bicyclic) bond motifs is 1. The van der Waals surface area contributed by atoms with Gasteiger partial charge in [-0.2, -0.15) is 0 Å². The van der Waals surface area contributed by atoms with Crippen LogP contribution < -0.4 is 15.0 Å². The molecule has 1 amide bonds. The molecule has 1 N–H and O–H groups in total. The Morgan fingerprint density at radius 2 is 1.79 bits per heavy atom. The summed E-state index contributed by atoms with van der Waals surface area (Å²) in [5.74, 6) is 1.06. The molecule has 0 bridgehead atoms. The third-order valence-corrected chi connectivity index (χ3v) is 5.77. The zero-order chi connectivity index (χ0) is 22.8. The highest BCUT2D eigenvalue weighted by molar-refractivity contribution is 6.12. The minimum Gasteiger partial charge on any atom is -0.492 e. The highest BCUT2D eigenvalue weighted by atomic mass is 19.1. The van der Waals surface area contributed by atoms with Gasteiger partial charge in [0.05, 0.1) is 12.1 Å². The number of para-hydroxylation sites is 1. The van der Waals surface area contributed by atoms with E-state index in [4.69, 9.17) is 4.74 Å². The molecule has 3 aromatic carbocycles. The second-order valence-corrected chi connectivity index (χ2v) is 7.80. The molecule has 1 aliphatic heterocycles. The van der Waals surface area contributed by atoms with Crippen molar-refractivity contribution in [2.75, 3.05) is 16.8 Å². The Hall–Kier alpha value is -4.13. The van der Waals surface area contributed by atoms with Crippen LogP contribution in [-0.4, -0.2) is 22.1 Å². The summed E-state index contributed by atoms with van der Waals surface area (Å²) in [4.78, 5) is 19.2. The van der Waals surface area contributed by atoms with Crippen molar-refractivity contribution >= 4 is 17.3 Å². The molecule has 7 heteroatoms. The molecule has 0 spiro atoms. The van der Waals surface area contributed by atoms with E-state index in [-0.39, 0.29) is 11.7 Å². The van der Waals surface area contributed by atoms with Crippen LogP contribution in [0.4, 0.5) is 15.8 Å². The number of hydrogen-bond acceptors (Lipinski definition) is 4. The van der Waals surface area contributed by atoms with Crippen LogP contribution >= 0.6 is 0 Å². The molecule has 1 unspecified atom stereocenters. The summed E-state index contributed by atoms with van der Waals surface area (Å²) in [7, 11) is 0. The smallest absolute Gasteiger partial charge is 0.262 e. The van der Waals surface area contributed by atoms with Crippen molar-refractivity contribution in [3.05, 3.63) is 108 Å². The number of aromatic nitrogens is 2. The topological polar surface area (TPSA) is 59.4 Å². The molecular weight excluding hydrogens is 419 g/mol. The van der Waals surface area contributed by atoms with Gasteiger partial charge in [0, 0.05) is 29.3 Å². The predicted octanol–water partition coefficient (Wildman–Crippen LogP) is 5.18. The maximum atomic E-state index is 14.7. The fourth-order valence-electron chi connectivity index (χ4n) is 4.04. The van der Waals surface area contributed by atoms with Gasteiger partial charge in [-0.05, 0) is 49.4 Å². The Kier molecular flexibility index (Phi) is 5.52. The lowest BCUT2D eigenvalue weighted by molar-refractivity contribution is 0.0974. The SMILES string of the molecule is Cc1nccn1CCOc1ccc(N2C(=O)c3ccccc3NC2c2ccccc2F)cc1. The van der Waals surface area contributed by atoms with E-state index in [1.54, 1.807) is 35.4 Å². The van der Waals surface area contributed by atoms with E-state index in [2.05, 4.69) is 10.3 Å². The summed E-state index contributed by atoms with van der Waals surface area (Å²) in [6.07, 6.45) is 3.00. The average molecular weight is 442 g/mol. The number of anilines is 2. The summed E-state index contributed by atoms with van der Waals surface area (Å²) in [6.45, 7) is 3.13. The molecule has 0 aliphatic carbocycles. The highest BCUT2D eigenvalue weighted by Crippen LogP contribution is 2.37. The van der Waals surface area contributed by atoms with E-state index in [0.29, 0.717) is 41.4 Å². The number of carbonyl (C=O) groups is 1. The van der Waals surface area contributed by atoms with E-state index in [0.717, 1.165) is 5.82 Å². The van der Waals surface area contributed by atoms with Gasteiger partial charge in [-0.25, -0.2) is 9.37 Å². The zero-order valence-corrected chi connectivity index (χ0v) is 18.1. The molecule has 1 aliphatic rings. The number of hydrogen-bond donors (Lipinski definition) is 1. The first-order valence-corrected chi connectivity index (χ1v) is 10.8. The van der Waals surface area contributed by atoms with E-state index in [1.807, 2.05) is 60.2 Å². The van der Waals surface area contributed by atoms with Crippen LogP contribution in [0.15, 0.2) is 85.2 Å². The van der Waals surface area contributed by atoms with Crippen molar-refractivity contribution in [1.29, 1.82) is 0 Å². The fraction of sp³-hybridized carbons (Fsp3) is 0.154. The molecule has 1 aromatic heterocycles. The summed E-state index contributed by atoms with van der Waals surface area (Å²) < 4.78 is 22.6. The maximum absolute atomic E-state index is 14.7. The van der Waals surface area contributed by atoms with E-state index in [1.165, 1.54) is 6.07 Å². The molecule has 5 rings (SSSR count). The highest BCUT2D eigenvalue weighted by Gasteiger charge is 2.35. The normalized spacial score (nSPS) is 15.2. The second kappa shape index (κ2) is 8.78. The van der Waals surface area contributed by atoms with Gasteiger partial charge in [-0.3, -0.25) is 9.69 Å². The van der Waals surface area contributed by atoms with Crippen molar-refractivity contribution < 1.29 is 13.9 Å². The molecule has 0 saturated heterocycles. The first-order valence-electron chi connectivity index (χ1n) is 10.8. The van der Waals surface area contributed by atoms with Gasteiger partial charge in [0.1, 0.15) is 30.2 Å². The lowest BCUT2D eigenvalue weighted by Crippen LogP contribution is -2.43. The standard InChI is InChI=1S/C26H23FN4O2/c1-18-28-14-15-30(18)16-17-33-20-12-10-19(11-13-20)31-25(21-6-2-4-8-23(21)27)29-24-9-5-3-7-22(24)26(31)32/h2-15,25,29H,16-17H2,1H3. The number of amides is 1. The molecular formula is C26H23FN4O2. The largest absolute Gasteiger partial charge is 0.492 e. The minimum absolute atomic E-state index is 0.193. The van der Waals surface area contributed by atoms with Gasteiger partial charge >= 0.3 is 0 Å². The molecule has 0 fully saturated rings. The van der Waals surface area contributed by atoms with Crippen LogP contribution in [0.25, 0.3) is 0 Å². The predicted molar refractivity (Wildman–Crippen MR) is 125 cm³/mol. The number of rotatable bonds is 6. The van der Waals surface area contributed by atoms with Crippen LogP contribution in [-0.2, 0) is 6.54 Å². The maximum Gasteiger partial charge on any atom is 0.262 e. The van der Waals surface area contributed by atoms with E-state index < -0.39 is 6.17 Å². The summed E-state index contributed by atoms with van der Waals surface area (Å²) in [5.41, 5.74) is 2.27. The summed E-state index contributed by atoms with van der Waals surface area (Å²) in [6, 6.07) is 21.0. The van der Waals surface area contributed by atoms with Gasteiger partial charge in [-0.15, -0.1) is 0 Å². The molecule has 4 aromatic rings. The number of nitrogens with zero attached hydrogens (tertiary/aromatic N) is 3. The number of aryl methyl sites for hydroxylation is 1. The molecule has 6 nitrogen and oxygen atoms in total. The molecule has 0 radical (unpaired) electrons. The fourth-order valence-corrected chi connectivity index (χ4v) is 4.04. The van der Waals surface area contributed by atoms with Crippen LogP contribution in [0, 0.1) is 12.7 Å². The lowest BCUT2D eigenvalue weighted by Gasteiger charge is -2.38. The number of benzene rings is 3. The summed E-state index contributed by atoms with van der Waals surface area (Å²) >= 11 is 0. The molecule has 33 heavy (non-hydrogen) atoms. The first kappa shape index (κ1) is 20.8. The Morgan fingerprint density at radius 1 is 1.03 bits per heavy atom. The Balaban J connectivity index is 1.41. The quantitative estimate of drug-likeness (QED) is 0.447. The van der Waals surface area contributed by atoms with Gasteiger partial charge in [0.25, 0.3) is 5.91 Å². The van der Waals surface area contributed by atoms with Crippen LogP contribution in [0.5, 0.6) is 5.75 Å². The number of halogens is 1. The van der Waals surface area contributed by atoms with Crippen LogP contribution in [0.3, 0.4) is 0 Å². The van der Waals surface area contributed by atoms with Crippen molar-refractivity contribution in [2.45, 2.75) is 19.6 Å². The van der Waals surface area contributed by atoms with E-state index >= 15 is 0 Å². The Morgan fingerprint density at radius 3 is 2.55 bits per heavy atom. The number of nitrogens with one attached hydrogen (secondary N) is 1. The van der Waals surface area contributed by atoms with Gasteiger partial charge in [0.2, 0.25) is 0 Å². The Bertz CT molecular complexity index is 1290. The van der Waals surface area contributed by atoms with Crippen molar-refractivity contribution in [3.8, 4) is 5.75 Å². The van der Waals surface area contributed by atoms with Crippen molar-refractivity contribution in [3.63, 3.8) is 0 Å². The molecule has 166 valence electrons. The van der Waals surface area contributed by atoms with Gasteiger partial charge in [-0.1, -0.05) is 30.3 Å². The molecule has 2 heterocycles. The number of ether oxygens (including phenoxy) is 1. The molecule has 1 atom stereocenters. The lowest BCUT2D eigenvalue weighted by atomic mass is 10.0. The second-order valence-electron chi connectivity index (χ2n) is 7.80. The third-order valence-electron chi connectivity index (χ3n) is 5.77. The van der Waals surface area contributed by atoms with Crippen molar-refractivity contribution in [1.82, 2.24) is 9.55 Å². The van der Waals surface area contributed by atoms with Gasteiger partial charge < -0.3 is 14.6 Å². The van der Waals surface area contributed by atoms with Crippen LogP contribution in [0.2, 0.25) is 0 Å². The first-order chi connectivity index (χ1) is 16.1. The van der Waals surface area contributed by atoms with Crippen molar-refractivity contribution in [2.24, 2.45) is 0 Å². The average Bonchev–Trinajstić information content (AvgIpc) is 3.24. The summed E-state index contributed by atoms with van der Waals surface area (Å²) in [5, 5.41) is 3.33. The number of imidazole rings is 1. The number of carbonyl (C=O) groups excluding carboxylic acids is 1. The van der Waals surface area contributed by atoms with Gasteiger partial charge in [0.15, 0.2) is 0 Å². The minimum atomic E-state index is -0.676. The van der Waals surface area contributed by atoms with Crippen LogP contribution in [0.1, 0.15) is 27.9 Å². The zero-order valence-electron chi connectivity index (χ0n) is 18.1. The van der Waals surface area contributed by atoms with E-state index in [9.17, 15) is 9.18 Å².